The summed E-state index contributed by atoms with van der Waals surface area (Å²) in [5.74, 6) is 0.587. The maximum Gasteiger partial charge on any atom is 0.321 e. The summed E-state index contributed by atoms with van der Waals surface area (Å²) < 4.78 is 5.40. The van der Waals surface area contributed by atoms with E-state index in [-0.39, 0.29) is 22.4 Å². The molecule has 0 spiro atoms. The Kier molecular flexibility index (Phi) is 5.72. The maximum atomic E-state index is 12.4. The van der Waals surface area contributed by atoms with Crippen molar-refractivity contribution in [3.05, 3.63) is 33.3 Å². The molecular formula is C16H21ClN4O4. The Bertz CT molecular complexity index is 643. The van der Waals surface area contributed by atoms with Crippen LogP contribution >= 0.6 is 11.6 Å². The number of rotatable bonds is 4. The molecule has 9 heteroatoms. The maximum absolute atomic E-state index is 12.4. The van der Waals surface area contributed by atoms with Crippen molar-refractivity contribution in [2.24, 2.45) is 5.92 Å². The van der Waals surface area contributed by atoms with Crippen LogP contribution < -0.4 is 5.32 Å². The lowest BCUT2D eigenvalue weighted by Gasteiger charge is -2.35. The topological polar surface area (TPSA) is 87.9 Å². The fourth-order valence-corrected chi connectivity index (χ4v) is 3.42. The van der Waals surface area contributed by atoms with Gasteiger partial charge in [-0.2, -0.15) is 0 Å². The van der Waals surface area contributed by atoms with Crippen LogP contribution in [0.5, 0.6) is 0 Å². The number of halogens is 1. The summed E-state index contributed by atoms with van der Waals surface area (Å²) in [7, 11) is 0. The highest BCUT2D eigenvalue weighted by Gasteiger charge is 2.25. The first-order valence-electron chi connectivity index (χ1n) is 8.33. The Hall–Kier alpha value is -1.90. The molecule has 1 aromatic carbocycles. The number of nitrogens with zero attached hydrogens (tertiary/aromatic N) is 3. The zero-order chi connectivity index (χ0) is 17.8. The van der Waals surface area contributed by atoms with E-state index in [1.807, 2.05) is 0 Å². The number of ether oxygens (including phenoxy) is 1. The van der Waals surface area contributed by atoms with Crippen LogP contribution in [0.1, 0.15) is 6.42 Å². The molecule has 0 bridgehead atoms. The number of nitrogens with one attached hydrogen (secondary N) is 1. The second-order valence-electron chi connectivity index (χ2n) is 6.34. The van der Waals surface area contributed by atoms with Gasteiger partial charge >= 0.3 is 6.03 Å². The first kappa shape index (κ1) is 17.9. The van der Waals surface area contributed by atoms with Crippen molar-refractivity contribution in [2.75, 3.05) is 51.3 Å². The number of hydrogen-bond acceptors (Lipinski definition) is 5. The number of piperazine rings is 1. The zero-order valence-corrected chi connectivity index (χ0v) is 14.6. The molecule has 2 aliphatic heterocycles. The Morgan fingerprint density at radius 3 is 2.76 bits per heavy atom. The van der Waals surface area contributed by atoms with Gasteiger partial charge in [-0.15, -0.1) is 0 Å². The average Bonchev–Trinajstić information content (AvgIpc) is 3.10. The van der Waals surface area contributed by atoms with E-state index in [1.165, 1.54) is 12.1 Å². The number of anilines is 1. The van der Waals surface area contributed by atoms with Gasteiger partial charge in [-0.25, -0.2) is 4.79 Å². The minimum absolute atomic E-state index is 0.0549. The smallest absolute Gasteiger partial charge is 0.321 e. The summed E-state index contributed by atoms with van der Waals surface area (Å²) in [6.07, 6.45) is 1.10. The van der Waals surface area contributed by atoms with Crippen LogP contribution in [0.15, 0.2) is 18.2 Å². The van der Waals surface area contributed by atoms with E-state index in [4.69, 9.17) is 16.3 Å². The second-order valence-corrected chi connectivity index (χ2v) is 6.72. The van der Waals surface area contributed by atoms with E-state index in [0.29, 0.717) is 19.0 Å². The van der Waals surface area contributed by atoms with Gasteiger partial charge in [0.05, 0.1) is 17.2 Å². The van der Waals surface area contributed by atoms with Crippen molar-refractivity contribution in [1.82, 2.24) is 9.80 Å². The molecule has 0 aliphatic carbocycles. The standard InChI is InChI=1S/C16H21ClN4O4/c17-15-13(2-1-3-14(15)21(23)24)18-16(22)20-7-5-19(6-8-20)10-12-4-9-25-11-12/h1-3,12H,4-11H2,(H,18,22)/t12-/m0/s1. The van der Waals surface area contributed by atoms with Gasteiger partial charge in [-0.05, 0) is 18.4 Å². The molecule has 8 nitrogen and oxygen atoms in total. The number of amides is 2. The van der Waals surface area contributed by atoms with Crippen LogP contribution in [-0.4, -0.2) is 66.7 Å². The van der Waals surface area contributed by atoms with E-state index in [0.717, 1.165) is 39.3 Å². The summed E-state index contributed by atoms with van der Waals surface area (Å²) in [6, 6.07) is 4.08. The van der Waals surface area contributed by atoms with Gasteiger partial charge < -0.3 is 15.0 Å². The molecule has 0 saturated carbocycles. The quantitative estimate of drug-likeness (QED) is 0.651. The molecule has 0 unspecified atom stereocenters. The lowest BCUT2D eigenvalue weighted by atomic mass is 10.1. The third-order valence-electron chi connectivity index (χ3n) is 4.62. The molecule has 2 fully saturated rings. The molecule has 2 heterocycles. The van der Waals surface area contributed by atoms with Crippen molar-refractivity contribution in [3.63, 3.8) is 0 Å². The normalized spacial score (nSPS) is 21.3. The summed E-state index contributed by atoms with van der Waals surface area (Å²) in [5.41, 5.74) is 0.0365. The number of nitro benzene ring substituents is 1. The second kappa shape index (κ2) is 7.99. The van der Waals surface area contributed by atoms with Crippen molar-refractivity contribution in [3.8, 4) is 0 Å². The lowest BCUT2D eigenvalue weighted by Crippen LogP contribution is -2.51. The first-order valence-corrected chi connectivity index (χ1v) is 8.71. The Balaban J connectivity index is 1.53. The molecule has 136 valence electrons. The van der Waals surface area contributed by atoms with Crippen molar-refractivity contribution in [2.45, 2.75) is 6.42 Å². The highest BCUT2D eigenvalue weighted by atomic mass is 35.5. The molecule has 0 radical (unpaired) electrons. The van der Waals surface area contributed by atoms with Crippen LogP contribution in [-0.2, 0) is 4.74 Å². The van der Waals surface area contributed by atoms with E-state index >= 15 is 0 Å². The Labute approximate surface area is 150 Å². The van der Waals surface area contributed by atoms with Crippen LogP contribution in [0.4, 0.5) is 16.2 Å². The van der Waals surface area contributed by atoms with Crippen molar-refractivity contribution >= 4 is 29.0 Å². The van der Waals surface area contributed by atoms with Crippen molar-refractivity contribution in [1.29, 1.82) is 0 Å². The average molecular weight is 369 g/mol. The van der Waals surface area contributed by atoms with Gasteiger partial charge in [-0.3, -0.25) is 15.0 Å². The predicted molar refractivity (Wildman–Crippen MR) is 94.1 cm³/mol. The lowest BCUT2D eigenvalue weighted by molar-refractivity contribution is -0.384. The Morgan fingerprint density at radius 1 is 1.36 bits per heavy atom. The summed E-state index contributed by atoms with van der Waals surface area (Å²) in [6.45, 7) is 5.53. The SMILES string of the molecule is O=C(Nc1cccc([N+](=O)[O-])c1Cl)N1CCN(C[C@@H]2CCOC2)CC1. The highest BCUT2D eigenvalue weighted by molar-refractivity contribution is 6.35. The summed E-state index contributed by atoms with van der Waals surface area (Å²) >= 11 is 6.01. The molecule has 2 amide bonds. The van der Waals surface area contributed by atoms with Crippen LogP contribution in [0.3, 0.4) is 0 Å². The third kappa shape index (κ3) is 4.39. The summed E-state index contributed by atoms with van der Waals surface area (Å²) in [5, 5.41) is 13.5. The zero-order valence-electron chi connectivity index (χ0n) is 13.8. The molecule has 3 rings (SSSR count). The Morgan fingerprint density at radius 2 is 2.12 bits per heavy atom. The largest absolute Gasteiger partial charge is 0.381 e. The molecule has 1 aromatic rings. The minimum Gasteiger partial charge on any atom is -0.381 e. The molecule has 0 aromatic heterocycles. The predicted octanol–water partition coefficient (Wildman–Crippen LogP) is 2.43. The third-order valence-corrected chi connectivity index (χ3v) is 5.01. The van der Waals surface area contributed by atoms with E-state index < -0.39 is 4.92 Å². The molecule has 1 atom stereocenters. The summed E-state index contributed by atoms with van der Waals surface area (Å²) in [4.78, 5) is 26.8. The van der Waals surface area contributed by atoms with Gasteiger partial charge in [0.25, 0.3) is 5.69 Å². The van der Waals surface area contributed by atoms with Crippen LogP contribution in [0.25, 0.3) is 0 Å². The van der Waals surface area contributed by atoms with E-state index in [1.54, 1.807) is 11.0 Å². The molecular weight excluding hydrogens is 348 g/mol. The molecule has 25 heavy (non-hydrogen) atoms. The van der Waals surface area contributed by atoms with Gasteiger partial charge in [0, 0.05) is 45.4 Å². The fraction of sp³-hybridized carbons (Fsp3) is 0.562. The minimum atomic E-state index is -0.566. The van der Waals surface area contributed by atoms with Crippen molar-refractivity contribution < 1.29 is 14.5 Å². The number of carbonyl (C=O) groups is 1. The van der Waals surface area contributed by atoms with Crippen LogP contribution in [0, 0.1) is 16.0 Å². The van der Waals surface area contributed by atoms with Gasteiger partial charge in [0.2, 0.25) is 0 Å². The van der Waals surface area contributed by atoms with Crippen LogP contribution in [0.2, 0.25) is 5.02 Å². The molecule has 2 aliphatic rings. The number of carbonyl (C=O) groups excluding carboxylic acids is 1. The fourth-order valence-electron chi connectivity index (χ4n) is 3.18. The first-order chi connectivity index (χ1) is 12.0. The number of hydrogen-bond donors (Lipinski definition) is 1. The van der Waals surface area contributed by atoms with Gasteiger partial charge in [-0.1, -0.05) is 17.7 Å². The van der Waals surface area contributed by atoms with E-state index in [2.05, 4.69) is 10.2 Å². The monoisotopic (exact) mass is 368 g/mol. The highest BCUT2D eigenvalue weighted by Crippen LogP contribution is 2.31. The van der Waals surface area contributed by atoms with Gasteiger partial charge in [0.15, 0.2) is 0 Å². The number of urea groups is 1. The van der Waals surface area contributed by atoms with E-state index in [9.17, 15) is 14.9 Å². The molecule has 1 N–H and O–H groups in total. The van der Waals surface area contributed by atoms with Gasteiger partial charge in [0.1, 0.15) is 5.02 Å². The number of nitro groups is 1. The molecule has 2 saturated heterocycles. The number of benzene rings is 1.